The third-order valence-corrected chi connectivity index (χ3v) is 6.43. The highest BCUT2D eigenvalue weighted by Gasteiger charge is 2.34. The van der Waals surface area contributed by atoms with E-state index in [1.54, 1.807) is 4.90 Å². The number of para-hydroxylation sites is 2. The van der Waals surface area contributed by atoms with Crippen LogP contribution in [0.25, 0.3) is 0 Å². The summed E-state index contributed by atoms with van der Waals surface area (Å²) in [5.74, 6) is 1.27. The predicted molar refractivity (Wildman–Crippen MR) is 148 cm³/mol. The number of nitrogens with zero attached hydrogens (tertiary/aromatic N) is 1. The van der Waals surface area contributed by atoms with E-state index < -0.39 is 12.2 Å². The molecule has 1 atom stereocenters. The van der Waals surface area contributed by atoms with Crippen LogP contribution in [0.5, 0.6) is 11.5 Å². The van der Waals surface area contributed by atoms with Crippen molar-refractivity contribution in [2.45, 2.75) is 45.3 Å². The molecule has 200 valence electrons. The Bertz CT molecular complexity index is 1220. The molecule has 0 aliphatic carbocycles. The minimum absolute atomic E-state index is 0.104. The van der Waals surface area contributed by atoms with Crippen LogP contribution in [0.15, 0.2) is 72.8 Å². The van der Waals surface area contributed by atoms with E-state index in [9.17, 15) is 9.59 Å². The Labute approximate surface area is 228 Å². The number of unbranched alkanes of at least 4 members (excludes halogenated alkanes) is 1. The molecule has 0 saturated heterocycles. The lowest BCUT2D eigenvalue weighted by Gasteiger charge is -2.34. The minimum Gasteiger partial charge on any atom is -0.493 e. The summed E-state index contributed by atoms with van der Waals surface area (Å²) in [6.45, 7) is 3.70. The molecule has 3 aromatic carbocycles. The molecule has 8 heteroatoms. The monoisotopic (exact) mass is 536 g/mol. The van der Waals surface area contributed by atoms with Gasteiger partial charge in [-0.2, -0.15) is 0 Å². The zero-order valence-electron chi connectivity index (χ0n) is 21.5. The van der Waals surface area contributed by atoms with Gasteiger partial charge in [0.05, 0.1) is 25.4 Å². The number of nitrogens with one attached hydrogen (secondary N) is 1. The van der Waals surface area contributed by atoms with Gasteiger partial charge in [-0.25, -0.2) is 4.79 Å². The number of fused-ring (bicyclic) bond motifs is 1. The quantitative estimate of drug-likeness (QED) is 0.280. The number of rotatable bonds is 12. The second-order valence-electron chi connectivity index (χ2n) is 9.08. The fourth-order valence-corrected chi connectivity index (χ4v) is 4.26. The molecule has 1 N–H and O–H groups in total. The van der Waals surface area contributed by atoms with E-state index in [1.165, 1.54) is 0 Å². The zero-order valence-corrected chi connectivity index (χ0v) is 22.3. The number of alkyl carbamates (subject to hydrolysis) is 1. The number of anilines is 1. The summed E-state index contributed by atoms with van der Waals surface area (Å²) in [7, 11) is 0. The van der Waals surface area contributed by atoms with Crippen molar-refractivity contribution in [1.82, 2.24) is 5.32 Å². The van der Waals surface area contributed by atoms with Gasteiger partial charge in [0.15, 0.2) is 6.10 Å². The third kappa shape index (κ3) is 7.65. The van der Waals surface area contributed by atoms with Crippen molar-refractivity contribution in [1.29, 1.82) is 0 Å². The highest BCUT2D eigenvalue weighted by Crippen LogP contribution is 2.35. The van der Waals surface area contributed by atoms with E-state index in [0.29, 0.717) is 55.7 Å². The van der Waals surface area contributed by atoms with Gasteiger partial charge >= 0.3 is 6.09 Å². The number of ether oxygens (including phenoxy) is 3. The number of amides is 2. The molecule has 38 heavy (non-hydrogen) atoms. The van der Waals surface area contributed by atoms with Crippen molar-refractivity contribution in [2.75, 3.05) is 24.7 Å². The van der Waals surface area contributed by atoms with Gasteiger partial charge in [0.25, 0.3) is 5.91 Å². The van der Waals surface area contributed by atoms with Gasteiger partial charge < -0.3 is 24.4 Å². The number of halogens is 1. The molecule has 0 saturated carbocycles. The van der Waals surface area contributed by atoms with Crippen molar-refractivity contribution in [3.05, 3.63) is 88.9 Å². The first-order chi connectivity index (χ1) is 18.5. The molecule has 0 fully saturated rings. The van der Waals surface area contributed by atoms with Crippen molar-refractivity contribution in [3.8, 4) is 11.5 Å². The summed E-state index contributed by atoms with van der Waals surface area (Å²) >= 11 is 6.03. The molecule has 2 amide bonds. The summed E-state index contributed by atoms with van der Waals surface area (Å²) in [5, 5.41) is 3.42. The average molecular weight is 537 g/mol. The van der Waals surface area contributed by atoms with Gasteiger partial charge in [-0.1, -0.05) is 61.3 Å². The molecular formula is C30H33ClN2O5. The minimum atomic E-state index is -0.650. The molecule has 0 spiro atoms. The van der Waals surface area contributed by atoms with E-state index in [4.69, 9.17) is 25.8 Å². The second-order valence-corrected chi connectivity index (χ2v) is 9.51. The summed E-state index contributed by atoms with van der Waals surface area (Å²) < 4.78 is 17.1. The maximum atomic E-state index is 13.4. The van der Waals surface area contributed by atoms with E-state index in [-0.39, 0.29) is 5.91 Å². The Balaban J connectivity index is 1.30. The molecule has 0 radical (unpaired) electrons. The number of benzene rings is 3. The lowest BCUT2D eigenvalue weighted by Crippen LogP contribution is -2.46. The van der Waals surface area contributed by atoms with E-state index in [2.05, 4.69) is 5.32 Å². The molecule has 1 aliphatic heterocycles. The van der Waals surface area contributed by atoms with Crippen LogP contribution in [-0.4, -0.2) is 37.9 Å². The summed E-state index contributed by atoms with van der Waals surface area (Å²) in [6.07, 6.45) is 1.85. The van der Waals surface area contributed by atoms with Gasteiger partial charge in [0.2, 0.25) is 0 Å². The molecule has 4 rings (SSSR count). The maximum absolute atomic E-state index is 13.4. The number of hydrogen-bond acceptors (Lipinski definition) is 5. The Morgan fingerprint density at radius 2 is 1.84 bits per heavy atom. The van der Waals surface area contributed by atoms with Crippen molar-refractivity contribution in [3.63, 3.8) is 0 Å². The highest BCUT2D eigenvalue weighted by molar-refractivity contribution is 6.30. The average Bonchev–Trinajstić information content (AvgIpc) is 2.92. The van der Waals surface area contributed by atoms with Gasteiger partial charge in [0, 0.05) is 18.0 Å². The molecule has 3 aromatic rings. The normalized spacial score (nSPS) is 14.4. The SMILES string of the molecule is CCCCOC(=O)NCCc1cccc(OCCC2Oc3ccccc3N(Cc3ccc(Cl)cc3)C2=O)c1. The summed E-state index contributed by atoms with van der Waals surface area (Å²) in [4.78, 5) is 26.8. The summed E-state index contributed by atoms with van der Waals surface area (Å²) in [6, 6.07) is 22.8. The van der Waals surface area contributed by atoms with Crippen LogP contribution in [0.3, 0.4) is 0 Å². The Morgan fingerprint density at radius 1 is 1.03 bits per heavy atom. The molecule has 0 aromatic heterocycles. The lowest BCUT2D eigenvalue weighted by atomic mass is 10.1. The highest BCUT2D eigenvalue weighted by atomic mass is 35.5. The zero-order chi connectivity index (χ0) is 26.7. The number of hydrogen-bond donors (Lipinski definition) is 1. The van der Waals surface area contributed by atoms with Gasteiger partial charge in [0.1, 0.15) is 11.5 Å². The number of carbonyl (C=O) groups excluding carboxylic acids is 2. The van der Waals surface area contributed by atoms with Crippen molar-refractivity contribution < 1.29 is 23.8 Å². The Hall–Kier alpha value is -3.71. The van der Waals surface area contributed by atoms with Crippen LogP contribution in [0.1, 0.15) is 37.3 Å². The smallest absolute Gasteiger partial charge is 0.407 e. The van der Waals surface area contributed by atoms with E-state index in [1.807, 2.05) is 79.7 Å². The summed E-state index contributed by atoms with van der Waals surface area (Å²) in [5.41, 5.74) is 2.76. The van der Waals surface area contributed by atoms with Crippen LogP contribution >= 0.6 is 11.6 Å². The first kappa shape index (κ1) is 27.3. The fraction of sp³-hybridized carbons (Fsp3) is 0.333. The molecule has 0 bridgehead atoms. The standard InChI is InChI=1S/C30H33ClN2O5/c1-2-3-18-37-30(35)32-17-15-22-7-6-8-25(20-22)36-19-16-28-29(34)33(21-23-11-13-24(31)14-12-23)26-9-4-5-10-27(26)38-28/h4-14,20,28H,2-3,15-19,21H2,1H3,(H,32,35). The second kappa shape index (κ2) is 13.7. The van der Waals surface area contributed by atoms with E-state index >= 15 is 0 Å². The largest absolute Gasteiger partial charge is 0.493 e. The lowest BCUT2D eigenvalue weighted by molar-refractivity contribution is -0.127. The topological polar surface area (TPSA) is 77.1 Å². The Morgan fingerprint density at radius 3 is 2.66 bits per heavy atom. The van der Waals surface area contributed by atoms with Gasteiger partial charge in [-0.15, -0.1) is 0 Å². The molecule has 1 unspecified atom stereocenters. The molecule has 7 nitrogen and oxygen atoms in total. The van der Waals surface area contributed by atoms with Crippen LogP contribution in [0, 0.1) is 0 Å². The molecule has 1 heterocycles. The van der Waals surface area contributed by atoms with Crippen LogP contribution in [-0.2, 0) is 22.5 Å². The Kier molecular flexibility index (Phi) is 9.87. The van der Waals surface area contributed by atoms with Crippen LogP contribution < -0.4 is 19.7 Å². The van der Waals surface area contributed by atoms with Crippen molar-refractivity contribution >= 4 is 29.3 Å². The maximum Gasteiger partial charge on any atom is 0.407 e. The van der Waals surface area contributed by atoms with E-state index in [0.717, 1.165) is 29.7 Å². The predicted octanol–water partition coefficient (Wildman–Crippen LogP) is 6.17. The van der Waals surface area contributed by atoms with Gasteiger partial charge in [-0.05, 0) is 60.4 Å². The van der Waals surface area contributed by atoms with Gasteiger partial charge in [-0.3, -0.25) is 4.79 Å². The third-order valence-electron chi connectivity index (χ3n) is 6.18. The fourth-order valence-electron chi connectivity index (χ4n) is 4.14. The first-order valence-electron chi connectivity index (χ1n) is 13.0. The van der Waals surface area contributed by atoms with Crippen molar-refractivity contribution in [2.24, 2.45) is 0 Å². The first-order valence-corrected chi connectivity index (χ1v) is 13.3. The molecular weight excluding hydrogens is 504 g/mol. The van der Waals surface area contributed by atoms with Crippen LogP contribution in [0.2, 0.25) is 5.02 Å². The molecule has 1 aliphatic rings. The van der Waals surface area contributed by atoms with Crippen LogP contribution in [0.4, 0.5) is 10.5 Å². The number of carbonyl (C=O) groups is 2.